The minimum Gasteiger partial charge on any atom is -0.351 e. The fourth-order valence-electron chi connectivity index (χ4n) is 4.29. The van der Waals surface area contributed by atoms with Gasteiger partial charge >= 0.3 is 0 Å². The average Bonchev–Trinajstić information content (AvgIpc) is 3.56. The summed E-state index contributed by atoms with van der Waals surface area (Å²) >= 11 is 7.52. The van der Waals surface area contributed by atoms with Crippen molar-refractivity contribution in [2.45, 2.75) is 12.1 Å². The van der Waals surface area contributed by atoms with Crippen LogP contribution in [0.5, 0.6) is 0 Å². The number of para-hydroxylation sites is 2. The van der Waals surface area contributed by atoms with Crippen LogP contribution >= 0.6 is 23.6 Å². The van der Waals surface area contributed by atoms with Crippen LogP contribution in [0.15, 0.2) is 97.3 Å². The van der Waals surface area contributed by atoms with Crippen molar-refractivity contribution in [3.8, 4) is 5.13 Å². The molecule has 0 spiro atoms. The van der Waals surface area contributed by atoms with E-state index in [4.69, 9.17) is 17.2 Å². The van der Waals surface area contributed by atoms with E-state index in [0.717, 1.165) is 27.7 Å². The van der Waals surface area contributed by atoms with Crippen LogP contribution in [0.3, 0.4) is 0 Å². The van der Waals surface area contributed by atoms with Crippen molar-refractivity contribution in [3.63, 3.8) is 0 Å². The number of benzene rings is 2. The summed E-state index contributed by atoms with van der Waals surface area (Å²) < 4.78 is 3.35. The van der Waals surface area contributed by atoms with E-state index in [1.807, 2.05) is 48.7 Å². The first-order valence-corrected chi connectivity index (χ1v) is 11.6. The van der Waals surface area contributed by atoms with Gasteiger partial charge in [-0.3, -0.25) is 9.55 Å². The number of thiocarbonyl (C=S) groups is 1. The Morgan fingerprint density at radius 2 is 1.69 bits per heavy atom. The number of anilines is 1. The molecule has 4 heterocycles. The van der Waals surface area contributed by atoms with Crippen LogP contribution < -0.4 is 10.2 Å². The Balaban J connectivity index is 1.52. The van der Waals surface area contributed by atoms with Gasteiger partial charge in [-0.05, 0) is 60.7 Å². The maximum absolute atomic E-state index is 5.83. The average molecular weight is 454 g/mol. The zero-order chi connectivity index (χ0) is 21.5. The molecule has 1 fully saturated rings. The summed E-state index contributed by atoms with van der Waals surface area (Å²) in [4.78, 5) is 11.7. The molecule has 2 atom stereocenters. The molecular weight excluding hydrogens is 434 g/mol. The molecule has 0 radical (unpaired) electrons. The van der Waals surface area contributed by atoms with E-state index in [1.54, 1.807) is 11.3 Å². The quantitative estimate of drug-likeness (QED) is 0.356. The molecule has 6 rings (SSSR count). The standard InChI is InChI=1S/C25H19N5S2/c31-24-28-22(19-12-6-7-15-26-19)23(30(24)17-9-2-1-3-10-17)20-13-8-16-29(20)25-27-18-11-4-5-14-21(18)32-25/h1-16,22-23H,(H,28,31). The third kappa shape index (κ3) is 3.18. The molecule has 0 bridgehead atoms. The molecule has 1 aliphatic rings. The molecule has 1 saturated heterocycles. The Morgan fingerprint density at radius 3 is 2.50 bits per heavy atom. The minimum atomic E-state index is -0.0908. The van der Waals surface area contributed by atoms with Crippen molar-refractivity contribution in [2.24, 2.45) is 0 Å². The van der Waals surface area contributed by atoms with Gasteiger partial charge in [0, 0.05) is 18.1 Å². The second-order valence-corrected chi connectivity index (χ2v) is 9.00. The first kappa shape index (κ1) is 19.2. The second-order valence-electron chi connectivity index (χ2n) is 7.60. The van der Waals surface area contributed by atoms with E-state index in [-0.39, 0.29) is 12.1 Å². The molecule has 0 amide bonds. The zero-order valence-electron chi connectivity index (χ0n) is 17.0. The second kappa shape index (κ2) is 7.85. The predicted octanol–water partition coefficient (Wildman–Crippen LogP) is 5.66. The lowest BCUT2D eigenvalue weighted by Gasteiger charge is -2.28. The molecule has 7 heteroatoms. The highest BCUT2D eigenvalue weighted by molar-refractivity contribution is 7.80. The summed E-state index contributed by atoms with van der Waals surface area (Å²) in [5.41, 5.74) is 4.12. The highest BCUT2D eigenvalue weighted by Crippen LogP contribution is 2.42. The Kier molecular flexibility index (Phi) is 4.70. The summed E-state index contributed by atoms with van der Waals surface area (Å²) in [5.74, 6) is 0. The van der Waals surface area contributed by atoms with Crippen LogP contribution in [-0.4, -0.2) is 19.6 Å². The normalized spacial score (nSPS) is 18.2. The van der Waals surface area contributed by atoms with Crippen molar-refractivity contribution >= 4 is 44.6 Å². The van der Waals surface area contributed by atoms with Gasteiger partial charge in [0.2, 0.25) is 0 Å². The molecular formula is C25H19N5S2. The Hall–Kier alpha value is -3.55. The van der Waals surface area contributed by atoms with Gasteiger partial charge in [-0.2, -0.15) is 0 Å². The zero-order valence-corrected chi connectivity index (χ0v) is 18.6. The van der Waals surface area contributed by atoms with Crippen LogP contribution in [0.4, 0.5) is 5.69 Å². The van der Waals surface area contributed by atoms with Crippen molar-refractivity contribution in [2.75, 3.05) is 4.90 Å². The maximum atomic E-state index is 5.83. The van der Waals surface area contributed by atoms with E-state index in [1.165, 1.54) is 4.70 Å². The molecule has 1 N–H and O–H groups in total. The van der Waals surface area contributed by atoms with Crippen molar-refractivity contribution in [3.05, 3.63) is 109 Å². The molecule has 32 heavy (non-hydrogen) atoms. The first-order chi connectivity index (χ1) is 15.8. The van der Waals surface area contributed by atoms with Crippen LogP contribution in [0.1, 0.15) is 23.5 Å². The van der Waals surface area contributed by atoms with Gasteiger partial charge in [0.25, 0.3) is 0 Å². The summed E-state index contributed by atoms with van der Waals surface area (Å²) in [7, 11) is 0. The van der Waals surface area contributed by atoms with Crippen LogP contribution in [-0.2, 0) is 0 Å². The first-order valence-electron chi connectivity index (χ1n) is 10.4. The number of pyridine rings is 1. The largest absolute Gasteiger partial charge is 0.351 e. The van der Waals surface area contributed by atoms with Crippen LogP contribution in [0, 0.1) is 0 Å². The number of aromatic nitrogens is 3. The fourth-order valence-corrected chi connectivity index (χ4v) is 5.61. The smallest absolute Gasteiger partial charge is 0.194 e. The summed E-state index contributed by atoms with van der Waals surface area (Å²) in [6.07, 6.45) is 3.90. The summed E-state index contributed by atoms with van der Waals surface area (Å²) in [5, 5.41) is 5.16. The lowest BCUT2D eigenvalue weighted by atomic mass is 10.0. The Morgan fingerprint density at radius 1 is 0.875 bits per heavy atom. The lowest BCUT2D eigenvalue weighted by molar-refractivity contribution is 0.549. The van der Waals surface area contributed by atoms with Crippen molar-refractivity contribution in [1.82, 2.24) is 19.9 Å². The van der Waals surface area contributed by atoms with E-state index in [9.17, 15) is 0 Å². The third-order valence-electron chi connectivity index (χ3n) is 5.70. The van der Waals surface area contributed by atoms with Gasteiger partial charge in [-0.25, -0.2) is 4.98 Å². The highest BCUT2D eigenvalue weighted by atomic mass is 32.1. The monoisotopic (exact) mass is 453 g/mol. The Bertz CT molecular complexity index is 1360. The molecule has 2 aromatic carbocycles. The topological polar surface area (TPSA) is 46.0 Å². The number of rotatable bonds is 4. The van der Waals surface area contributed by atoms with Gasteiger partial charge in [0.1, 0.15) is 6.04 Å². The van der Waals surface area contributed by atoms with E-state index in [0.29, 0.717) is 5.11 Å². The number of fused-ring (bicyclic) bond motifs is 1. The minimum absolute atomic E-state index is 0.0817. The maximum Gasteiger partial charge on any atom is 0.194 e. The molecule has 0 saturated carbocycles. The third-order valence-corrected chi connectivity index (χ3v) is 7.05. The molecule has 156 valence electrons. The molecule has 2 unspecified atom stereocenters. The number of nitrogens with one attached hydrogen (secondary N) is 1. The van der Waals surface area contributed by atoms with E-state index < -0.39 is 0 Å². The van der Waals surface area contributed by atoms with Gasteiger partial charge in [-0.15, -0.1) is 0 Å². The fraction of sp³-hybridized carbons (Fsp3) is 0.0800. The van der Waals surface area contributed by atoms with Gasteiger partial charge in [-0.1, -0.05) is 47.7 Å². The molecule has 5 nitrogen and oxygen atoms in total. The number of thiazole rings is 1. The van der Waals surface area contributed by atoms with Crippen LogP contribution in [0.2, 0.25) is 0 Å². The number of hydrogen-bond donors (Lipinski definition) is 1. The van der Waals surface area contributed by atoms with E-state index >= 15 is 0 Å². The molecule has 0 aliphatic carbocycles. The summed E-state index contributed by atoms with van der Waals surface area (Å²) in [6, 6.07) is 28.6. The van der Waals surface area contributed by atoms with Crippen LogP contribution in [0.25, 0.3) is 15.3 Å². The van der Waals surface area contributed by atoms with Gasteiger partial charge < -0.3 is 10.2 Å². The van der Waals surface area contributed by atoms with Crippen molar-refractivity contribution in [1.29, 1.82) is 0 Å². The molecule has 5 aromatic rings. The lowest BCUT2D eigenvalue weighted by Crippen LogP contribution is -2.30. The predicted molar refractivity (Wildman–Crippen MR) is 133 cm³/mol. The van der Waals surface area contributed by atoms with Gasteiger partial charge in [0.15, 0.2) is 10.2 Å². The SMILES string of the molecule is S=C1NC(c2ccccn2)C(c2cccn2-c2nc3ccccc3s2)N1c1ccccc1. The van der Waals surface area contributed by atoms with E-state index in [2.05, 4.69) is 68.4 Å². The van der Waals surface area contributed by atoms with Crippen molar-refractivity contribution < 1.29 is 0 Å². The molecule has 1 aliphatic heterocycles. The Labute approximate surface area is 195 Å². The summed E-state index contributed by atoms with van der Waals surface area (Å²) in [6.45, 7) is 0. The number of hydrogen-bond acceptors (Lipinski definition) is 4. The highest BCUT2D eigenvalue weighted by Gasteiger charge is 2.42. The van der Waals surface area contributed by atoms with Gasteiger partial charge in [0.05, 0.1) is 27.6 Å². The number of nitrogens with zero attached hydrogens (tertiary/aromatic N) is 4. The molecule has 3 aromatic heterocycles.